The predicted molar refractivity (Wildman–Crippen MR) is 146 cm³/mol. The summed E-state index contributed by atoms with van der Waals surface area (Å²) >= 11 is 0. The van der Waals surface area contributed by atoms with Gasteiger partial charge in [0.2, 0.25) is 0 Å². The Bertz CT molecular complexity index is 1230. The van der Waals surface area contributed by atoms with Gasteiger partial charge in [-0.15, -0.1) is 0 Å². The molecule has 3 aromatic rings. The number of aromatic nitrogens is 2. The van der Waals surface area contributed by atoms with E-state index in [9.17, 15) is 9.59 Å². The number of ether oxygens (including phenoxy) is 1. The third kappa shape index (κ3) is 7.29. The van der Waals surface area contributed by atoms with Crippen LogP contribution in [0, 0.1) is 6.92 Å². The molecule has 0 aliphatic carbocycles. The second-order valence-corrected chi connectivity index (χ2v) is 11.0. The molecule has 1 aliphatic rings. The van der Waals surface area contributed by atoms with Crippen molar-refractivity contribution < 1.29 is 14.3 Å². The molecule has 2 aromatic carbocycles. The largest absolute Gasteiger partial charge is 0.444 e. The summed E-state index contributed by atoms with van der Waals surface area (Å²) < 4.78 is 7.24. The van der Waals surface area contributed by atoms with Gasteiger partial charge in [0.1, 0.15) is 5.60 Å². The van der Waals surface area contributed by atoms with Crippen molar-refractivity contribution >= 4 is 17.6 Å². The van der Waals surface area contributed by atoms with E-state index in [1.165, 1.54) is 11.1 Å². The maximum absolute atomic E-state index is 13.1. The number of carbonyl (C=O) groups excluding carboxylic acids is 2. The van der Waals surface area contributed by atoms with Crippen LogP contribution in [0.25, 0.3) is 0 Å². The highest BCUT2D eigenvalue weighted by atomic mass is 16.6. The van der Waals surface area contributed by atoms with E-state index >= 15 is 0 Å². The summed E-state index contributed by atoms with van der Waals surface area (Å²) in [5.41, 5.74) is 5.14. The van der Waals surface area contributed by atoms with Crippen LogP contribution in [-0.2, 0) is 24.8 Å². The SMILES string of the molecule is Cc1nn(C)cc1CN1CCC(c2ccc(C(=O)Cc3ccccc3NC(=O)OC(C)(C)C)cc2)CC1. The van der Waals surface area contributed by atoms with Crippen molar-refractivity contribution in [2.24, 2.45) is 7.05 Å². The Balaban J connectivity index is 1.33. The normalized spacial score (nSPS) is 14.9. The van der Waals surface area contributed by atoms with Crippen LogP contribution < -0.4 is 5.32 Å². The minimum absolute atomic E-state index is 0.0200. The molecule has 1 amide bonds. The Hall–Kier alpha value is -3.45. The number of hydrogen-bond donors (Lipinski definition) is 1. The highest BCUT2D eigenvalue weighted by Gasteiger charge is 2.22. The van der Waals surface area contributed by atoms with Gasteiger partial charge in [-0.25, -0.2) is 4.79 Å². The Morgan fingerprint density at radius 1 is 1.03 bits per heavy atom. The summed E-state index contributed by atoms with van der Waals surface area (Å²) in [5, 5.41) is 7.23. The number of likely N-dealkylation sites (tertiary alicyclic amines) is 1. The zero-order chi connectivity index (χ0) is 26.6. The number of para-hydroxylation sites is 1. The van der Waals surface area contributed by atoms with Gasteiger partial charge < -0.3 is 4.74 Å². The van der Waals surface area contributed by atoms with Gasteiger partial charge in [-0.3, -0.25) is 19.7 Å². The van der Waals surface area contributed by atoms with Gasteiger partial charge in [0.15, 0.2) is 5.78 Å². The van der Waals surface area contributed by atoms with Crippen LogP contribution in [0.2, 0.25) is 0 Å². The summed E-state index contributed by atoms with van der Waals surface area (Å²) in [4.78, 5) is 27.8. The van der Waals surface area contributed by atoms with E-state index in [4.69, 9.17) is 4.74 Å². The lowest BCUT2D eigenvalue weighted by atomic mass is 9.88. The fraction of sp³-hybridized carbons (Fsp3) is 0.433. The molecule has 37 heavy (non-hydrogen) atoms. The third-order valence-corrected chi connectivity index (χ3v) is 6.80. The molecule has 0 unspecified atom stereocenters. The zero-order valence-corrected chi connectivity index (χ0v) is 22.6. The number of carbonyl (C=O) groups is 2. The van der Waals surface area contributed by atoms with Gasteiger partial charge in [-0.1, -0.05) is 42.5 Å². The molecule has 1 aliphatic heterocycles. The number of ketones is 1. The van der Waals surface area contributed by atoms with Gasteiger partial charge in [0.05, 0.1) is 5.69 Å². The first-order valence-electron chi connectivity index (χ1n) is 13.0. The summed E-state index contributed by atoms with van der Waals surface area (Å²) in [6, 6.07) is 15.4. The topological polar surface area (TPSA) is 76.5 Å². The molecule has 0 atom stereocenters. The van der Waals surface area contributed by atoms with Crippen LogP contribution in [-0.4, -0.2) is 45.2 Å². The van der Waals surface area contributed by atoms with Crippen molar-refractivity contribution in [1.29, 1.82) is 0 Å². The molecule has 196 valence electrons. The van der Waals surface area contributed by atoms with Crippen molar-refractivity contribution in [1.82, 2.24) is 14.7 Å². The lowest BCUT2D eigenvalue weighted by Gasteiger charge is -2.32. The number of hydrogen-bond acceptors (Lipinski definition) is 5. The summed E-state index contributed by atoms with van der Waals surface area (Å²) in [7, 11) is 1.97. The fourth-order valence-electron chi connectivity index (χ4n) is 4.90. The van der Waals surface area contributed by atoms with Gasteiger partial charge >= 0.3 is 6.09 Å². The fourth-order valence-corrected chi connectivity index (χ4v) is 4.90. The van der Waals surface area contributed by atoms with Crippen LogP contribution in [0.5, 0.6) is 0 Å². The minimum Gasteiger partial charge on any atom is -0.444 e. The molecule has 7 nitrogen and oxygen atoms in total. The Morgan fingerprint density at radius 2 is 1.70 bits per heavy atom. The van der Waals surface area contributed by atoms with E-state index < -0.39 is 11.7 Å². The Labute approximate surface area is 219 Å². The van der Waals surface area contributed by atoms with Crippen molar-refractivity contribution in [2.45, 2.75) is 65.0 Å². The average Bonchev–Trinajstić information content (AvgIpc) is 3.16. The number of rotatable bonds is 7. The molecule has 2 heterocycles. The molecule has 1 saturated heterocycles. The maximum Gasteiger partial charge on any atom is 0.412 e. The number of piperidine rings is 1. The molecule has 0 spiro atoms. The van der Waals surface area contributed by atoms with Gasteiger partial charge in [-0.05, 0) is 76.7 Å². The van der Waals surface area contributed by atoms with E-state index in [1.807, 2.05) is 62.8 Å². The highest BCUT2D eigenvalue weighted by molar-refractivity contribution is 5.99. The number of benzene rings is 2. The van der Waals surface area contributed by atoms with E-state index in [2.05, 4.69) is 40.6 Å². The van der Waals surface area contributed by atoms with Crippen molar-refractivity contribution in [3.8, 4) is 0 Å². The molecule has 0 bridgehead atoms. The van der Waals surface area contributed by atoms with Crippen LogP contribution in [0.1, 0.15) is 72.3 Å². The van der Waals surface area contributed by atoms with Crippen LogP contribution in [0.4, 0.5) is 10.5 Å². The first kappa shape index (κ1) is 26.6. The van der Waals surface area contributed by atoms with E-state index in [0.717, 1.165) is 43.7 Å². The smallest absolute Gasteiger partial charge is 0.412 e. The van der Waals surface area contributed by atoms with Crippen molar-refractivity contribution in [2.75, 3.05) is 18.4 Å². The Kier molecular flexibility index (Phi) is 8.13. The molecule has 1 N–H and O–H groups in total. The van der Waals surface area contributed by atoms with E-state index in [0.29, 0.717) is 17.2 Å². The average molecular weight is 503 g/mol. The number of Topliss-reactive ketones (excluding diaryl/α,β-unsaturated/α-hetero) is 1. The molecule has 7 heteroatoms. The lowest BCUT2D eigenvalue weighted by molar-refractivity contribution is 0.0635. The van der Waals surface area contributed by atoms with Crippen molar-refractivity contribution in [3.63, 3.8) is 0 Å². The van der Waals surface area contributed by atoms with Crippen LogP contribution in [0.15, 0.2) is 54.7 Å². The highest BCUT2D eigenvalue weighted by Crippen LogP contribution is 2.29. The zero-order valence-electron chi connectivity index (χ0n) is 22.6. The lowest BCUT2D eigenvalue weighted by Crippen LogP contribution is -2.32. The van der Waals surface area contributed by atoms with Crippen LogP contribution in [0.3, 0.4) is 0 Å². The van der Waals surface area contributed by atoms with Gasteiger partial charge in [0.25, 0.3) is 0 Å². The number of aryl methyl sites for hydroxylation is 2. The summed E-state index contributed by atoms with van der Waals surface area (Å²) in [5.74, 6) is 0.529. The molecule has 0 saturated carbocycles. The molecular weight excluding hydrogens is 464 g/mol. The molecular formula is C30H38N4O3. The number of anilines is 1. The van der Waals surface area contributed by atoms with Crippen LogP contribution >= 0.6 is 0 Å². The first-order valence-corrected chi connectivity index (χ1v) is 13.0. The van der Waals surface area contributed by atoms with Crippen molar-refractivity contribution in [3.05, 3.63) is 82.7 Å². The number of nitrogens with one attached hydrogen (secondary N) is 1. The van der Waals surface area contributed by atoms with Gasteiger partial charge in [-0.2, -0.15) is 5.10 Å². The number of nitrogens with zero attached hydrogens (tertiary/aromatic N) is 3. The second-order valence-electron chi connectivity index (χ2n) is 11.0. The molecule has 0 radical (unpaired) electrons. The summed E-state index contributed by atoms with van der Waals surface area (Å²) in [6.45, 7) is 10.6. The quantitative estimate of drug-likeness (QED) is 0.408. The molecule has 1 aromatic heterocycles. The monoisotopic (exact) mass is 502 g/mol. The standard InChI is InChI=1S/C30H38N4O3/c1-21-26(19-33(5)32-21)20-34-16-14-23(15-17-34)22-10-12-24(13-11-22)28(35)18-25-8-6-7-9-27(25)31-29(36)37-30(2,3)4/h6-13,19,23H,14-18,20H2,1-5H3,(H,31,36). The molecule has 1 fully saturated rings. The number of amides is 1. The van der Waals surface area contributed by atoms with E-state index in [-0.39, 0.29) is 12.2 Å². The first-order chi connectivity index (χ1) is 17.6. The van der Waals surface area contributed by atoms with E-state index in [1.54, 1.807) is 6.07 Å². The second kappa shape index (κ2) is 11.3. The Morgan fingerprint density at radius 3 is 2.32 bits per heavy atom. The third-order valence-electron chi connectivity index (χ3n) is 6.80. The summed E-state index contributed by atoms with van der Waals surface area (Å²) in [6.07, 6.45) is 4.01. The minimum atomic E-state index is -0.592. The van der Waals surface area contributed by atoms with Gasteiger partial charge in [0, 0.05) is 43.0 Å². The maximum atomic E-state index is 13.1. The molecule has 4 rings (SSSR count). The predicted octanol–water partition coefficient (Wildman–Crippen LogP) is 5.88.